The molecular formula is C24H33N5O2. The van der Waals surface area contributed by atoms with Crippen LogP contribution in [0.1, 0.15) is 43.8 Å². The van der Waals surface area contributed by atoms with Gasteiger partial charge in [0.15, 0.2) is 0 Å². The first kappa shape index (κ1) is 21.6. The minimum Gasteiger partial charge on any atom is -0.497 e. The van der Waals surface area contributed by atoms with Gasteiger partial charge in [-0.2, -0.15) is 0 Å². The lowest BCUT2D eigenvalue weighted by atomic mass is 9.93. The van der Waals surface area contributed by atoms with E-state index in [2.05, 4.69) is 22.0 Å². The van der Waals surface area contributed by atoms with E-state index in [1.54, 1.807) is 7.11 Å². The highest BCUT2D eigenvalue weighted by Gasteiger charge is 2.31. The van der Waals surface area contributed by atoms with Crippen molar-refractivity contribution in [2.75, 3.05) is 52.3 Å². The number of hydrogen-bond acceptors (Lipinski definition) is 6. The van der Waals surface area contributed by atoms with Crippen molar-refractivity contribution in [3.63, 3.8) is 0 Å². The molecule has 1 aromatic carbocycles. The first-order chi connectivity index (χ1) is 15.1. The van der Waals surface area contributed by atoms with Crippen LogP contribution in [-0.4, -0.2) is 73.1 Å². The number of benzene rings is 1. The number of carbonyl (C=O) groups excluding carboxylic acids is 1. The van der Waals surface area contributed by atoms with Crippen LogP contribution < -0.4 is 9.64 Å². The number of nitrogens with zero attached hydrogens (tertiary/aromatic N) is 5. The fraction of sp³-hybridized carbons (Fsp3) is 0.542. The van der Waals surface area contributed by atoms with E-state index in [4.69, 9.17) is 9.72 Å². The standard InChI is InChI=1S/C24H33N5O2/c1-27(2)24-25-16-20(18-9-11-19(31-3)12-10-18)23(26-24)21-8-4-5-15-29(21)17-22(30)28-13-6-7-14-28/h9-12,16,21H,4-8,13-15,17H2,1-3H3. The smallest absolute Gasteiger partial charge is 0.236 e. The Morgan fingerprint density at radius 3 is 2.48 bits per heavy atom. The summed E-state index contributed by atoms with van der Waals surface area (Å²) in [5, 5.41) is 0. The molecule has 2 saturated heterocycles. The average Bonchev–Trinajstić information content (AvgIpc) is 3.34. The summed E-state index contributed by atoms with van der Waals surface area (Å²) in [7, 11) is 5.59. The van der Waals surface area contributed by atoms with Crippen molar-refractivity contribution >= 4 is 11.9 Å². The molecule has 1 amide bonds. The molecule has 0 saturated carbocycles. The monoisotopic (exact) mass is 423 g/mol. The Labute approximate surface area is 185 Å². The second-order valence-corrected chi connectivity index (χ2v) is 8.66. The zero-order valence-electron chi connectivity index (χ0n) is 18.9. The molecule has 0 bridgehead atoms. The van der Waals surface area contributed by atoms with Crippen LogP contribution in [0.3, 0.4) is 0 Å². The van der Waals surface area contributed by atoms with Gasteiger partial charge < -0.3 is 14.5 Å². The van der Waals surface area contributed by atoms with Gasteiger partial charge in [-0.15, -0.1) is 0 Å². The molecular weight excluding hydrogens is 390 g/mol. The van der Waals surface area contributed by atoms with Gasteiger partial charge in [-0.25, -0.2) is 9.97 Å². The van der Waals surface area contributed by atoms with Crippen LogP contribution in [-0.2, 0) is 4.79 Å². The average molecular weight is 424 g/mol. The second kappa shape index (κ2) is 9.64. The van der Waals surface area contributed by atoms with Crippen LogP contribution in [0.5, 0.6) is 5.75 Å². The number of rotatable bonds is 6. The van der Waals surface area contributed by atoms with Crippen LogP contribution in [0.15, 0.2) is 30.5 Å². The Kier molecular flexibility index (Phi) is 6.70. The third kappa shape index (κ3) is 4.82. The quantitative estimate of drug-likeness (QED) is 0.710. The summed E-state index contributed by atoms with van der Waals surface area (Å²) in [6, 6.07) is 8.15. The molecule has 0 radical (unpaired) electrons. The molecule has 1 aromatic heterocycles. The van der Waals surface area contributed by atoms with Gasteiger partial charge in [-0.3, -0.25) is 9.69 Å². The third-order valence-corrected chi connectivity index (χ3v) is 6.33. The number of ether oxygens (including phenoxy) is 1. The Balaban J connectivity index is 1.68. The third-order valence-electron chi connectivity index (χ3n) is 6.33. The minimum atomic E-state index is 0.110. The highest BCUT2D eigenvalue weighted by Crippen LogP contribution is 2.36. The topological polar surface area (TPSA) is 61.8 Å². The zero-order chi connectivity index (χ0) is 21.8. The second-order valence-electron chi connectivity index (χ2n) is 8.66. The summed E-state index contributed by atoms with van der Waals surface area (Å²) in [4.78, 5) is 28.8. The molecule has 1 atom stereocenters. The van der Waals surface area contributed by atoms with Crippen molar-refractivity contribution in [2.24, 2.45) is 0 Å². The molecule has 0 N–H and O–H groups in total. The maximum atomic E-state index is 12.9. The van der Waals surface area contributed by atoms with E-state index >= 15 is 0 Å². The Morgan fingerprint density at radius 1 is 1.10 bits per heavy atom. The highest BCUT2D eigenvalue weighted by atomic mass is 16.5. The largest absolute Gasteiger partial charge is 0.497 e. The maximum absolute atomic E-state index is 12.9. The van der Waals surface area contributed by atoms with Crippen molar-refractivity contribution in [1.29, 1.82) is 0 Å². The predicted molar refractivity (Wildman–Crippen MR) is 122 cm³/mol. The molecule has 2 fully saturated rings. The van der Waals surface area contributed by atoms with Gasteiger partial charge in [-0.1, -0.05) is 18.6 Å². The molecule has 2 aromatic rings. The number of aromatic nitrogens is 2. The number of piperidine rings is 1. The van der Waals surface area contributed by atoms with E-state index < -0.39 is 0 Å². The maximum Gasteiger partial charge on any atom is 0.236 e. The highest BCUT2D eigenvalue weighted by molar-refractivity contribution is 5.78. The number of hydrogen-bond donors (Lipinski definition) is 0. The Hall–Kier alpha value is -2.67. The predicted octanol–water partition coefficient (Wildman–Crippen LogP) is 3.37. The van der Waals surface area contributed by atoms with Crippen LogP contribution in [0.4, 0.5) is 5.95 Å². The van der Waals surface area contributed by atoms with Crippen molar-refractivity contribution in [2.45, 2.75) is 38.1 Å². The molecule has 1 unspecified atom stereocenters. The van der Waals surface area contributed by atoms with Gasteiger partial charge in [0.2, 0.25) is 11.9 Å². The van der Waals surface area contributed by atoms with Gasteiger partial charge in [0.05, 0.1) is 25.4 Å². The fourth-order valence-electron chi connectivity index (χ4n) is 4.58. The first-order valence-electron chi connectivity index (χ1n) is 11.3. The number of amides is 1. The summed E-state index contributed by atoms with van der Waals surface area (Å²) in [5.41, 5.74) is 3.11. The molecule has 166 valence electrons. The molecule has 2 aliphatic heterocycles. The van der Waals surface area contributed by atoms with Crippen molar-refractivity contribution in [1.82, 2.24) is 19.8 Å². The van der Waals surface area contributed by atoms with E-state index in [1.165, 1.54) is 0 Å². The molecule has 4 rings (SSSR count). The summed E-state index contributed by atoms with van der Waals surface area (Å²) in [5.74, 6) is 1.77. The SMILES string of the molecule is COc1ccc(-c2cnc(N(C)C)nc2C2CCCCN2CC(=O)N2CCCC2)cc1. The lowest BCUT2D eigenvalue weighted by Gasteiger charge is -2.36. The van der Waals surface area contributed by atoms with Gasteiger partial charge >= 0.3 is 0 Å². The Morgan fingerprint density at radius 2 is 1.81 bits per heavy atom. The van der Waals surface area contributed by atoms with Crippen molar-refractivity contribution in [3.8, 4) is 16.9 Å². The van der Waals surface area contributed by atoms with E-state index in [-0.39, 0.29) is 11.9 Å². The number of anilines is 1. The first-order valence-corrected chi connectivity index (χ1v) is 11.3. The fourth-order valence-corrected chi connectivity index (χ4v) is 4.58. The lowest BCUT2D eigenvalue weighted by Crippen LogP contribution is -2.43. The summed E-state index contributed by atoms with van der Waals surface area (Å²) < 4.78 is 5.32. The Bertz CT molecular complexity index is 893. The van der Waals surface area contributed by atoms with E-state index in [9.17, 15) is 4.79 Å². The van der Waals surface area contributed by atoms with Crippen LogP contribution in [0, 0.1) is 0 Å². The van der Waals surface area contributed by atoms with E-state index in [1.807, 2.05) is 42.2 Å². The lowest BCUT2D eigenvalue weighted by molar-refractivity contribution is -0.132. The molecule has 7 heteroatoms. The molecule has 0 spiro atoms. The molecule has 31 heavy (non-hydrogen) atoms. The number of likely N-dealkylation sites (tertiary alicyclic amines) is 2. The minimum absolute atomic E-state index is 0.110. The van der Waals surface area contributed by atoms with E-state index in [0.29, 0.717) is 12.5 Å². The summed E-state index contributed by atoms with van der Waals surface area (Å²) in [6.07, 6.45) is 7.42. The van der Waals surface area contributed by atoms with Gasteiger partial charge in [0.1, 0.15) is 5.75 Å². The molecule has 7 nitrogen and oxygen atoms in total. The molecule has 3 heterocycles. The van der Waals surface area contributed by atoms with Crippen LogP contribution in [0.2, 0.25) is 0 Å². The van der Waals surface area contributed by atoms with Crippen LogP contribution in [0.25, 0.3) is 11.1 Å². The number of methoxy groups -OCH3 is 1. The summed E-state index contributed by atoms with van der Waals surface area (Å²) >= 11 is 0. The van der Waals surface area contributed by atoms with E-state index in [0.717, 1.165) is 74.3 Å². The number of carbonyl (C=O) groups is 1. The van der Waals surface area contributed by atoms with Crippen molar-refractivity contribution in [3.05, 3.63) is 36.2 Å². The van der Waals surface area contributed by atoms with Gasteiger partial charge in [0, 0.05) is 38.9 Å². The van der Waals surface area contributed by atoms with Gasteiger partial charge in [-0.05, 0) is 49.9 Å². The normalized spacial score (nSPS) is 19.5. The molecule has 0 aliphatic carbocycles. The van der Waals surface area contributed by atoms with Gasteiger partial charge in [0.25, 0.3) is 0 Å². The zero-order valence-corrected chi connectivity index (χ0v) is 18.9. The molecule has 2 aliphatic rings. The van der Waals surface area contributed by atoms with Crippen molar-refractivity contribution < 1.29 is 9.53 Å². The summed E-state index contributed by atoms with van der Waals surface area (Å²) in [6.45, 7) is 3.18. The van der Waals surface area contributed by atoms with Crippen LogP contribution >= 0.6 is 0 Å².